The Morgan fingerprint density at radius 2 is 1.43 bits per heavy atom. The molecule has 12 nitrogen and oxygen atoms in total. The second-order valence-electron chi connectivity index (χ2n) is 9.86. The maximum absolute atomic E-state index is 13.0. The lowest BCUT2D eigenvalue weighted by molar-refractivity contribution is -0.393. The van der Waals surface area contributed by atoms with Gasteiger partial charge in [0.25, 0.3) is 22.5 Å². The number of alkyl halides is 6. The lowest BCUT2D eigenvalue weighted by Crippen LogP contribution is -2.40. The molecule has 1 amide bonds. The summed E-state index contributed by atoms with van der Waals surface area (Å²) in [6, 6.07) is 5.71. The third-order valence-electron chi connectivity index (χ3n) is 5.95. The number of amides is 1. The number of ether oxygens (including phenoxy) is 1. The summed E-state index contributed by atoms with van der Waals surface area (Å²) in [7, 11) is 0. The molecule has 0 unspecified atom stereocenters. The van der Waals surface area contributed by atoms with Crippen LogP contribution in [-0.2, 0) is 17.1 Å². The van der Waals surface area contributed by atoms with Gasteiger partial charge in [0, 0.05) is 37.0 Å². The Kier molecular flexibility index (Phi) is 13.4. The van der Waals surface area contributed by atoms with E-state index in [0.717, 1.165) is 0 Å². The van der Waals surface area contributed by atoms with E-state index < -0.39 is 62.5 Å². The van der Waals surface area contributed by atoms with Crippen molar-refractivity contribution in [2.24, 2.45) is 0 Å². The van der Waals surface area contributed by atoms with Gasteiger partial charge < -0.3 is 14.5 Å². The average Bonchev–Trinajstić information content (AvgIpc) is 3.46. The van der Waals surface area contributed by atoms with Gasteiger partial charge in [0.15, 0.2) is 12.3 Å². The smallest absolute Gasteiger partial charge is 0.445 e. The zero-order valence-electron chi connectivity index (χ0n) is 25.3. The number of hydrogen-bond acceptors (Lipinski definition) is 10. The van der Waals surface area contributed by atoms with Crippen LogP contribution in [0.5, 0.6) is 5.19 Å². The molecule has 0 aliphatic carbocycles. The normalized spacial score (nSPS) is 11.5. The second kappa shape index (κ2) is 16.3. The molecule has 3 aromatic rings. The molecule has 20 heteroatoms. The third-order valence-corrected chi connectivity index (χ3v) is 6.83. The summed E-state index contributed by atoms with van der Waals surface area (Å²) in [5.74, 6) is -0.944. The van der Waals surface area contributed by atoms with Crippen LogP contribution >= 0.6 is 11.3 Å². The van der Waals surface area contributed by atoms with Gasteiger partial charge >= 0.3 is 12.4 Å². The predicted molar refractivity (Wildman–Crippen MR) is 157 cm³/mol. The number of rotatable bonds is 12. The van der Waals surface area contributed by atoms with E-state index in [-0.39, 0.29) is 41.3 Å². The van der Waals surface area contributed by atoms with E-state index in [4.69, 9.17) is 4.74 Å². The lowest BCUT2D eigenvalue weighted by atomic mass is 10.1. The largest absolute Gasteiger partial charge is 0.459 e. The van der Waals surface area contributed by atoms with E-state index in [0.29, 0.717) is 30.7 Å². The Bertz CT molecular complexity index is 1490. The van der Waals surface area contributed by atoms with Gasteiger partial charge in [-0.25, -0.2) is 4.39 Å². The molecule has 0 aliphatic heterocycles. The molecular formula is C27H29F7N6O6S. The zero-order valence-corrected chi connectivity index (χ0v) is 26.1. The van der Waals surface area contributed by atoms with Gasteiger partial charge in [0.05, 0.1) is 15.4 Å². The Labute approximate surface area is 267 Å². The van der Waals surface area contributed by atoms with E-state index in [1.54, 1.807) is 27.7 Å². The Balaban J connectivity index is 0.000000327. The molecule has 0 spiro atoms. The minimum Gasteiger partial charge on any atom is -0.459 e. The number of carbonyl (C=O) groups is 1. The molecular weight excluding hydrogens is 669 g/mol. The quantitative estimate of drug-likeness (QED) is 0.106. The molecule has 0 aliphatic rings. The molecule has 258 valence electrons. The van der Waals surface area contributed by atoms with Crippen LogP contribution in [0.4, 0.5) is 53.5 Å². The summed E-state index contributed by atoms with van der Waals surface area (Å²) in [5, 5.41) is 27.1. The van der Waals surface area contributed by atoms with Crippen molar-refractivity contribution in [3.63, 3.8) is 0 Å². The fourth-order valence-electron chi connectivity index (χ4n) is 4.15. The standard InChI is InChI=1S/C14H13F4N3O2S.C13H16F3N3O4/c1-8(2)21(10-5-3-9(15)4-6-10)11(22)7-23-13-20-19-12(24-13)14(16,17)18;1-3-5-17(6-4-2)12-10(18(20)21)7-9(13(14,15)16)8-11(12)19(22)23/h3-6,8H,7H2,1-2H3;7-8H,3-6H2,1-2H3. The van der Waals surface area contributed by atoms with E-state index in [9.17, 15) is 55.8 Å². The third kappa shape index (κ3) is 10.7. The Morgan fingerprint density at radius 3 is 1.81 bits per heavy atom. The van der Waals surface area contributed by atoms with Crippen molar-refractivity contribution >= 4 is 40.0 Å². The van der Waals surface area contributed by atoms with Crippen molar-refractivity contribution in [1.29, 1.82) is 0 Å². The Morgan fingerprint density at radius 1 is 0.915 bits per heavy atom. The second-order valence-corrected chi connectivity index (χ2v) is 10.8. The number of nitro benzene ring substituents is 2. The van der Waals surface area contributed by atoms with Gasteiger partial charge in [-0.05, 0) is 51.0 Å². The highest BCUT2D eigenvalue weighted by Gasteiger charge is 2.39. The molecule has 0 fully saturated rings. The summed E-state index contributed by atoms with van der Waals surface area (Å²) in [6.07, 6.45) is -8.44. The summed E-state index contributed by atoms with van der Waals surface area (Å²) in [5.41, 5.74) is -3.15. The van der Waals surface area contributed by atoms with Crippen molar-refractivity contribution in [2.75, 3.05) is 29.5 Å². The van der Waals surface area contributed by atoms with Crippen molar-refractivity contribution in [3.05, 3.63) is 73.0 Å². The predicted octanol–water partition coefficient (Wildman–Crippen LogP) is 7.66. The molecule has 0 saturated carbocycles. The number of hydrogen-bond donors (Lipinski definition) is 0. The summed E-state index contributed by atoms with van der Waals surface area (Å²) in [4.78, 5) is 35.3. The molecule has 3 rings (SSSR count). The van der Waals surface area contributed by atoms with Crippen molar-refractivity contribution < 1.29 is 50.1 Å². The van der Waals surface area contributed by atoms with Crippen LogP contribution in [0.2, 0.25) is 0 Å². The van der Waals surface area contributed by atoms with Gasteiger partial charge in [-0.2, -0.15) is 26.3 Å². The highest BCUT2D eigenvalue weighted by atomic mass is 32.1. The highest BCUT2D eigenvalue weighted by molar-refractivity contribution is 7.13. The summed E-state index contributed by atoms with van der Waals surface area (Å²) < 4.78 is 93.8. The Hall–Kier alpha value is -4.62. The van der Waals surface area contributed by atoms with Gasteiger partial charge in [0.1, 0.15) is 5.82 Å². The van der Waals surface area contributed by atoms with Crippen LogP contribution in [0.25, 0.3) is 0 Å². The van der Waals surface area contributed by atoms with E-state index in [2.05, 4.69) is 10.2 Å². The average molecular weight is 699 g/mol. The van der Waals surface area contributed by atoms with Crippen LogP contribution in [0.3, 0.4) is 0 Å². The number of anilines is 2. The first-order valence-corrected chi connectivity index (χ1v) is 14.5. The topological polar surface area (TPSA) is 145 Å². The molecule has 0 N–H and O–H groups in total. The number of aromatic nitrogens is 2. The van der Waals surface area contributed by atoms with Gasteiger partial charge in [-0.15, -0.1) is 5.10 Å². The van der Waals surface area contributed by atoms with Gasteiger partial charge in [-0.1, -0.05) is 30.3 Å². The molecule has 1 aromatic heterocycles. The lowest BCUT2D eigenvalue weighted by Gasteiger charge is -2.26. The fourth-order valence-corrected chi connectivity index (χ4v) is 4.72. The molecule has 1 heterocycles. The van der Waals surface area contributed by atoms with Crippen molar-refractivity contribution in [1.82, 2.24) is 10.2 Å². The van der Waals surface area contributed by atoms with Gasteiger partial charge in [0.2, 0.25) is 5.01 Å². The minimum absolute atomic E-state index is 0.210. The number of carbonyl (C=O) groups excluding carboxylic acids is 1. The first-order valence-electron chi connectivity index (χ1n) is 13.7. The van der Waals surface area contributed by atoms with E-state index in [1.165, 1.54) is 34.1 Å². The van der Waals surface area contributed by atoms with Crippen LogP contribution in [0.15, 0.2) is 36.4 Å². The molecule has 0 radical (unpaired) electrons. The van der Waals surface area contributed by atoms with Crippen LogP contribution in [-0.4, -0.2) is 51.7 Å². The minimum atomic E-state index is -4.91. The summed E-state index contributed by atoms with van der Waals surface area (Å²) >= 11 is 0.210. The maximum Gasteiger partial charge on any atom is 0.445 e. The van der Waals surface area contributed by atoms with E-state index in [1.807, 2.05) is 0 Å². The SMILES string of the molecule is CC(C)N(C(=O)COc1nnc(C(F)(F)F)s1)c1ccc(F)cc1.CCCN(CCC)c1c([N+](=O)[O-])cc(C(F)(F)F)cc1[N+](=O)[O-]. The van der Waals surface area contributed by atoms with Crippen LogP contribution in [0.1, 0.15) is 51.1 Å². The first-order chi connectivity index (χ1) is 21.8. The van der Waals surface area contributed by atoms with Crippen LogP contribution in [0, 0.1) is 26.0 Å². The van der Waals surface area contributed by atoms with Crippen molar-refractivity contribution in [2.45, 2.75) is 58.9 Å². The molecule has 0 atom stereocenters. The highest BCUT2D eigenvalue weighted by Crippen LogP contribution is 2.43. The zero-order chi connectivity index (χ0) is 35.7. The first kappa shape index (κ1) is 38.6. The number of nitro groups is 2. The van der Waals surface area contributed by atoms with E-state index >= 15 is 0 Å². The fraction of sp³-hybridized carbons (Fsp3) is 0.444. The van der Waals surface area contributed by atoms with Crippen molar-refractivity contribution in [3.8, 4) is 5.19 Å². The monoisotopic (exact) mass is 698 g/mol. The number of benzene rings is 2. The molecule has 47 heavy (non-hydrogen) atoms. The molecule has 0 bridgehead atoms. The molecule has 2 aromatic carbocycles. The maximum atomic E-state index is 13.0. The summed E-state index contributed by atoms with van der Waals surface area (Å²) in [6.45, 7) is 7.04. The van der Waals surface area contributed by atoms with Gasteiger partial charge in [-0.3, -0.25) is 25.0 Å². The number of halogens is 7. The van der Waals surface area contributed by atoms with Crippen LogP contribution < -0.4 is 14.5 Å². The number of nitrogens with zero attached hydrogens (tertiary/aromatic N) is 6. The molecule has 0 saturated heterocycles.